The first-order valence-electron chi connectivity index (χ1n) is 13.0. The number of piperidine rings is 1. The molecule has 2 atom stereocenters. The summed E-state index contributed by atoms with van der Waals surface area (Å²) in [5.41, 5.74) is 3.09. The maximum atomic E-state index is 13.2. The van der Waals surface area contributed by atoms with Crippen molar-refractivity contribution in [2.24, 2.45) is 5.41 Å². The van der Waals surface area contributed by atoms with Crippen LogP contribution in [-0.4, -0.2) is 41.7 Å². The van der Waals surface area contributed by atoms with Crippen LogP contribution in [0.15, 0.2) is 64.9 Å². The lowest BCUT2D eigenvalue weighted by atomic mass is 9.73. The van der Waals surface area contributed by atoms with Gasteiger partial charge in [-0.15, -0.1) is 4.72 Å². The van der Waals surface area contributed by atoms with E-state index in [1.165, 1.54) is 17.3 Å². The molecule has 6 rings (SSSR count). The van der Waals surface area contributed by atoms with E-state index in [1.54, 1.807) is 12.3 Å². The van der Waals surface area contributed by atoms with Gasteiger partial charge in [-0.1, -0.05) is 47.1 Å². The van der Waals surface area contributed by atoms with Gasteiger partial charge in [0.15, 0.2) is 5.65 Å². The van der Waals surface area contributed by atoms with Crippen LogP contribution in [0.2, 0.25) is 10.0 Å². The Morgan fingerprint density at radius 1 is 1.05 bits per heavy atom. The zero-order valence-electron chi connectivity index (χ0n) is 22.0. The van der Waals surface area contributed by atoms with E-state index < -0.39 is 11.4 Å². The number of aromatic nitrogens is 4. The summed E-state index contributed by atoms with van der Waals surface area (Å²) in [6, 6.07) is 9.75. The summed E-state index contributed by atoms with van der Waals surface area (Å²) in [6.07, 6.45) is 10.3. The average molecular weight is 602 g/mol. The highest BCUT2D eigenvalue weighted by molar-refractivity contribution is 7.99. The van der Waals surface area contributed by atoms with Crippen LogP contribution < -0.4 is 9.62 Å². The summed E-state index contributed by atoms with van der Waals surface area (Å²) in [5, 5.41) is 1.05. The lowest BCUT2D eigenvalue weighted by molar-refractivity contribution is 0.175. The first kappa shape index (κ1) is 27.2. The molecule has 1 fully saturated rings. The molecular formula is C28H30Cl2N6OS2. The molecule has 3 aromatic heterocycles. The first-order valence-corrected chi connectivity index (χ1v) is 15.7. The SMILES string of the molecule is CC(C)(C)[S+]([O-])N[C@H]1c2cccnc2CC12CCN(c1ncc(Sc3cccc(Cl)c3Cl)c3nccn13)CC2. The predicted molar refractivity (Wildman–Crippen MR) is 159 cm³/mol. The number of halogens is 2. The average Bonchev–Trinajstić information content (AvgIpc) is 3.51. The van der Waals surface area contributed by atoms with E-state index in [4.69, 9.17) is 33.2 Å². The lowest BCUT2D eigenvalue weighted by Crippen LogP contribution is -2.50. The lowest BCUT2D eigenvalue weighted by Gasteiger charge is -2.44. The molecule has 1 aliphatic heterocycles. The monoisotopic (exact) mass is 600 g/mol. The second-order valence-corrected chi connectivity index (χ2v) is 15.1. The molecule has 1 aromatic carbocycles. The van der Waals surface area contributed by atoms with E-state index in [1.807, 2.05) is 62.0 Å². The summed E-state index contributed by atoms with van der Waals surface area (Å²) in [5.74, 6) is 0.871. The van der Waals surface area contributed by atoms with Crippen LogP contribution in [0.4, 0.5) is 5.95 Å². The summed E-state index contributed by atoms with van der Waals surface area (Å²) < 4.78 is 18.4. The van der Waals surface area contributed by atoms with Crippen molar-refractivity contribution in [3.8, 4) is 0 Å². The maximum absolute atomic E-state index is 13.2. The maximum Gasteiger partial charge on any atom is 0.211 e. The summed E-state index contributed by atoms with van der Waals surface area (Å²) in [7, 11) is 0. The van der Waals surface area contributed by atoms with Crippen molar-refractivity contribution in [2.45, 2.75) is 60.6 Å². The van der Waals surface area contributed by atoms with Gasteiger partial charge < -0.3 is 9.45 Å². The molecule has 204 valence electrons. The number of nitrogens with zero attached hydrogens (tertiary/aromatic N) is 5. The van der Waals surface area contributed by atoms with Crippen LogP contribution in [0.25, 0.3) is 5.65 Å². The third kappa shape index (κ3) is 5.02. The minimum atomic E-state index is -1.18. The first-order chi connectivity index (χ1) is 18.7. The predicted octanol–water partition coefficient (Wildman–Crippen LogP) is 6.52. The van der Waals surface area contributed by atoms with Gasteiger partial charge in [0.2, 0.25) is 5.95 Å². The molecule has 4 aromatic rings. The van der Waals surface area contributed by atoms with Gasteiger partial charge in [-0.05, 0) is 63.8 Å². The molecule has 11 heteroatoms. The van der Waals surface area contributed by atoms with Crippen LogP contribution in [0, 0.1) is 5.41 Å². The Kier molecular flexibility index (Phi) is 7.27. The number of rotatable bonds is 5. The van der Waals surface area contributed by atoms with Gasteiger partial charge >= 0.3 is 0 Å². The Balaban J connectivity index is 1.25. The minimum absolute atomic E-state index is 0.00542. The third-order valence-electron chi connectivity index (χ3n) is 7.70. The van der Waals surface area contributed by atoms with Crippen LogP contribution >= 0.6 is 35.0 Å². The number of hydrogen-bond acceptors (Lipinski definition) is 7. The Hall–Kier alpha value is -2.01. The number of anilines is 1. The van der Waals surface area contributed by atoms with E-state index in [0.717, 1.165) is 59.4 Å². The molecular weight excluding hydrogens is 571 g/mol. The molecule has 1 unspecified atom stereocenters. The van der Waals surface area contributed by atoms with Crippen molar-refractivity contribution in [2.75, 3.05) is 18.0 Å². The molecule has 0 saturated carbocycles. The highest BCUT2D eigenvalue weighted by Crippen LogP contribution is 2.52. The smallest absolute Gasteiger partial charge is 0.211 e. The second-order valence-electron chi connectivity index (χ2n) is 11.2. The van der Waals surface area contributed by atoms with Crippen molar-refractivity contribution in [3.63, 3.8) is 0 Å². The largest absolute Gasteiger partial charge is 0.598 e. The topological polar surface area (TPSA) is 81.4 Å². The number of fused-ring (bicyclic) bond motifs is 2. The quantitative estimate of drug-likeness (QED) is 0.261. The van der Waals surface area contributed by atoms with Crippen molar-refractivity contribution in [3.05, 3.63) is 76.4 Å². The fourth-order valence-electron chi connectivity index (χ4n) is 5.59. The number of benzene rings is 1. The molecule has 2 aliphatic rings. The van der Waals surface area contributed by atoms with Crippen molar-refractivity contribution < 1.29 is 4.55 Å². The number of hydrogen-bond donors (Lipinski definition) is 1. The van der Waals surface area contributed by atoms with Gasteiger partial charge in [0.25, 0.3) is 0 Å². The van der Waals surface area contributed by atoms with Crippen molar-refractivity contribution in [1.82, 2.24) is 24.1 Å². The van der Waals surface area contributed by atoms with E-state index >= 15 is 0 Å². The molecule has 0 radical (unpaired) electrons. The van der Waals surface area contributed by atoms with Crippen LogP contribution in [0.5, 0.6) is 0 Å². The molecule has 4 heterocycles. The number of pyridine rings is 1. The highest BCUT2D eigenvalue weighted by atomic mass is 35.5. The summed E-state index contributed by atoms with van der Waals surface area (Å²) in [4.78, 5) is 18.3. The van der Waals surface area contributed by atoms with E-state index in [-0.39, 0.29) is 16.2 Å². The molecule has 7 nitrogen and oxygen atoms in total. The Labute approximate surface area is 246 Å². The zero-order chi connectivity index (χ0) is 27.4. The fourth-order valence-corrected chi connectivity index (χ4v) is 7.93. The molecule has 1 aliphatic carbocycles. The van der Waals surface area contributed by atoms with E-state index in [9.17, 15) is 4.55 Å². The van der Waals surface area contributed by atoms with Crippen LogP contribution in [0.1, 0.15) is 50.9 Å². The molecule has 39 heavy (non-hydrogen) atoms. The molecule has 1 saturated heterocycles. The Morgan fingerprint density at radius 3 is 2.62 bits per heavy atom. The second kappa shape index (κ2) is 10.4. The van der Waals surface area contributed by atoms with Gasteiger partial charge in [0, 0.05) is 65.2 Å². The highest BCUT2D eigenvalue weighted by Gasteiger charge is 2.51. The standard InChI is InChI=1S/C28H30Cl2N6OS2/c1-27(2,3)39(37)34-24-18-6-5-11-31-20(18)16-28(24)9-13-35(14-10-28)26-33-17-22(25-32-12-15-36(25)26)38-21-8-4-7-19(29)23(21)30/h4-8,11-12,15,17,24,34H,9-10,13-14,16H2,1-3H3/t24-,39?/m0/s1. The minimum Gasteiger partial charge on any atom is -0.598 e. The van der Waals surface area contributed by atoms with Crippen LogP contribution in [-0.2, 0) is 17.8 Å². The fraction of sp³-hybridized carbons (Fsp3) is 0.393. The number of imidazole rings is 1. The van der Waals surface area contributed by atoms with Gasteiger partial charge in [0.1, 0.15) is 4.75 Å². The Morgan fingerprint density at radius 2 is 1.85 bits per heavy atom. The van der Waals surface area contributed by atoms with E-state index in [2.05, 4.69) is 20.7 Å². The van der Waals surface area contributed by atoms with E-state index in [0.29, 0.717) is 10.0 Å². The van der Waals surface area contributed by atoms with Crippen LogP contribution in [0.3, 0.4) is 0 Å². The van der Waals surface area contributed by atoms with Gasteiger partial charge in [-0.25, -0.2) is 9.97 Å². The normalized spacial score (nSPS) is 19.5. The van der Waals surface area contributed by atoms with Crippen molar-refractivity contribution >= 4 is 57.9 Å². The van der Waals surface area contributed by atoms with Gasteiger partial charge in [-0.3, -0.25) is 9.38 Å². The molecule has 0 amide bonds. The Bertz CT molecular complexity index is 1520. The summed E-state index contributed by atoms with van der Waals surface area (Å²) >= 11 is 13.0. The third-order valence-corrected chi connectivity index (χ3v) is 11.3. The van der Waals surface area contributed by atoms with Gasteiger partial charge in [0.05, 0.1) is 21.0 Å². The van der Waals surface area contributed by atoms with Gasteiger partial charge in [-0.2, -0.15) is 0 Å². The summed E-state index contributed by atoms with van der Waals surface area (Å²) in [6.45, 7) is 7.70. The number of nitrogens with one attached hydrogen (secondary N) is 1. The zero-order valence-corrected chi connectivity index (χ0v) is 25.2. The molecule has 1 spiro atoms. The van der Waals surface area contributed by atoms with Crippen molar-refractivity contribution in [1.29, 1.82) is 0 Å². The molecule has 1 N–H and O–H groups in total. The molecule has 0 bridgehead atoms.